The van der Waals surface area contributed by atoms with E-state index >= 15 is 0 Å². The van der Waals surface area contributed by atoms with E-state index in [0.29, 0.717) is 11.8 Å². The van der Waals surface area contributed by atoms with Crippen molar-refractivity contribution in [3.63, 3.8) is 0 Å². The molecule has 2 aromatic rings. The summed E-state index contributed by atoms with van der Waals surface area (Å²) in [5.41, 5.74) is 4.54. The molecule has 4 rings (SSSR count). The van der Waals surface area contributed by atoms with Crippen LogP contribution >= 0.6 is 0 Å². The number of nitrogens with zero attached hydrogens (tertiary/aromatic N) is 4. The minimum Gasteiger partial charge on any atom is -0.352 e. The molecule has 1 aliphatic carbocycles. The Hall–Kier alpha value is -2.43. The first-order valence-corrected chi connectivity index (χ1v) is 9.07. The molecule has 2 aliphatic rings. The van der Waals surface area contributed by atoms with Crippen molar-refractivity contribution in [2.24, 2.45) is 5.92 Å². The first kappa shape index (κ1) is 16.1. The maximum Gasteiger partial charge on any atom is 0.225 e. The van der Waals surface area contributed by atoms with Gasteiger partial charge in [0.25, 0.3) is 0 Å². The summed E-state index contributed by atoms with van der Waals surface area (Å²) < 4.78 is 0. The number of aryl methyl sites for hydroxylation is 2. The Kier molecular flexibility index (Phi) is 4.15. The summed E-state index contributed by atoms with van der Waals surface area (Å²) >= 11 is 0. The highest BCUT2D eigenvalue weighted by atomic mass is 16.2. The second-order valence-electron chi connectivity index (χ2n) is 7.16. The summed E-state index contributed by atoms with van der Waals surface area (Å²) in [6, 6.07) is 10.4. The van der Waals surface area contributed by atoms with Crippen molar-refractivity contribution < 1.29 is 4.79 Å². The summed E-state index contributed by atoms with van der Waals surface area (Å²) in [6.45, 7) is 7.46. The largest absolute Gasteiger partial charge is 0.352 e. The zero-order valence-corrected chi connectivity index (χ0v) is 14.9. The van der Waals surface area contributed by atoms with Gasteiger partial charge in [-0.05, 0) is 56.0 Å². The number of hydrogen-bond donors (Lipinski definition) is 0. The second-order valence-corrected chi connectivity index (χ2v) is 7.16. The van der Waals surface area contributed by atoms with Crippen molar-refractivity contribution >= 4 is 11.7 Å². The third kappa shape index (κ3) is 3.36. The lowest BCUT2D eigenvalue weighted by molar-refractivity contribution is -0.132. The van der Waals surface area contributed by atoms with Gasteiger partial charge in [0.2, 0.25) is 5.91 Å². The van der Waals surface area contributed by atoms with Crippen LogP contribution in [0.4, 0.5) is 5.82 Å². The van der Waals surface area contributed by atoms with Crippen LogP contribution in [0.3, 0.4) is 0 Å². The molecular weight excluding hydrogens is 312 g/mol. The molecule has 1 saturated heterocycles. The summed E-state index contributed by atoms with van der Waals surface area (Å²) in [6.07, 6.45) is 2.15. The van der Waals surface area contributed by atoms with Crippen molar-refractivity contribution in [3.8, 4) is 11.3 Å². The van der Waals surface area contributed by atoms with Crippen LogP contribution in [0.15, 0.2) is 30.3 Å². The highest BCUT2D eigenvalue weighted by molar-refractivity contribution is 5.81. The fourth-order valence-corrected chi connectivity index (χ4v) is 3.29. The molecule has 0 N–H and O–H groups in total. The minimum absolute atomic E-state index is 0.309. The van der Waals surface area contributed by atoms with Gasteiger partial charge in [0.15, 0.2) is 5.82 Å². The topological polar surface area (TPSA) is 49.3 Å². The van der Waals surface area contributed by atoms with E-state index in [0.717, 1.165) is 56.1 Å². The Morgan fingerprint density at radius 1 is 0.960 bits per heavy atom. The van der Waals surface area contributed by atoms with Crippen molar-refractivity contribution in [3.05, 3.63) is 41.5 Å². The molecular formula is C20H24N4O. The number of hydrogen-bond acceptors (Lipinski definition) is 4. The quantitative estimate of drug-likeness (QED) is 0.865. The molecule has 5 nitrogen and oxygen atoms in total. The normalized spacial score (nSPS) is 17.7. The molecule has 0 spiro atoms. The number of benzene rings is 1. The van der Waals surface area contributed by atoms with Crippen molar-refractivity contribution in [1.29, 1.82) is 0 Å². The SMILES string of the molecule is Cc1ccc(-c2ccc(N3CCN(C(=O)C4CC4)CC3)nn2)cc1C. The van der Waals surface area contributed by atoms with Crippen LogP contribution < -0.4 is 4.90 Å². The first-order chi connectivity index (χ1) is 12.1. The van der Waals surface area contributed by atoms with Crippen LogP contribution in [-0.4, -0.2) is 47.2 Å². The lowest BCUT2D eigenvalue weighted by atomic mass is 10.0. The average Bonchev–Trinajstić information content (AvgIpc) is 3.49. The van der Waals surface area contributed by atoms with Gasteiger partial charge >= 0.3 is 0 Å². The monoisotopic (exact) mass is 336 g/mol. The molecule has 1 saturated carbocycles. The maximum absolute atomic E-state index is 12.1. The third-order valence-electron chi connectivity index (χ3n) is 5.30. The molecule has 1 aromatic carbocycles. The highest BCUT2D eigenvalue weighted by Crippen LogP contribution is 2.31. The summed E-state index contributed by atoms with van der Waals surface area (Å²) in [5.74, 6) is 1.55. The molecule has 1 aliphatic heterocycles. The van der Waals surface area contributed by atoms with Crippen LogP contribution in [-0.2, 0) is 4.79 Å². The zero-order chi connectivity index (χ0) is 17.4. The van der Waals surface area contributed by atoms with Crippen LogP contribution in [0.2, 0.25) is 0 Å². The standard InChI is InChI=1S/C20H24N4O/c1-14-3-4-17(13-15(14)2)18-7-8-19(22-21-18)23-9-11-24(12-10-23)20(25)16-5-6-16/h3-4,7-8,13,16H,5-6,9-12H2,1-2H3. The van der Waals surface area contributed by atoms with E-state index in [2.05, 4.69) is 47.1 Å². The van der Waals surface area contributed by atoms with Gasteiger partial charge in [0.05, 0.1) is 5.69 Å². The Morgan fingerprint density at radius 3 is 2.32 bits per heavy atom. The van der Waals surface area contributed by atoms with E-state index in [1.54, 1.807) is 0 Å². The molecule has 0 bridgehead atoms. The Labute approximate surface area is 148 Å². The molecule has 2 heterocycles. The number of carbonyl (C=O) groups excluding carboxylic acids is 1. The summed E-state index contributed by atoms with van der Waals surface area (Å²) in [4.78, 5) is 16.4. The van der Waals surface area contributed by atoms with Gasteiger partial charge in [-0.15, -0.1) is 10.2 Å². The molecule has 1 aromatic heterocycles. The minimum atomic E-state index is 0.309. The molecule has 1 amide bonds. The number of rotatable bonds is 3. The summed E-state index contributed by atoms with van der Waals surface area (Å²) in [7, 11) is 0. The van der Waals surface area contributed by atoms with Gasteiger partial charge in [-0.2, -0.15) is 0 Å². The predicted octanol–water partition coefficient (Wildman–Crippen LogP) is 2.82. The number of anilines is 1. The molecule has 0 unspecified atom stereocenters. The number of aromatic nitrogens is 2. The average molecular weight is 336 g/mol. The number of amides is 1. The Balaban J connectivity index is 1.42. The van der Waals surface area contributed by atoms with E-state index in [9.17, 15) is 4.79 Å². The van der Waals surface area contributed by atoms with Gasteiger partial charge < -0.3 is 9.80 Å². The fraction of sp³-hybridized carbons (Fsp3) is 0.450. The molecule has 0 radical (unpaired) electrons. The molecule has 25 heavy (non-hydrogen) atoms. The Morgan fingerprint density at radius 2 is 1.72 bits per heavy atom. The lowest BCUT2D eigenvalue weighted by Gasteiger charge is -2.35. The van der Waals surface area contributed by atoms with E-state index in [-0.39, 0.29) is 0 Å². The first-order valence-electron chi connectivity index (χ1n) is 9.07. The van der Waals surface area contributed by atoms with Gasteiger partial charge in [0, 0.05) is 37.7 Å². The third-order valence-corrected chi connectivity index (χ3v) is 5.30. The molecule has 2 fully saturated rings. The summed E-state index contributed by atoms with van der Waals surface area (Å²) in [5, 5.41) is 8.84. The van der Waals surface area contributed by atoms with Crippen molar-refractivity contribution in [2.75, 3.05) is 31.1 Å². The fourth-order valence-electron chi connectivity index (χ4n) is 3.29. The lowest BCUT2D eigenvalue weighted by Crippen LogP contribution is -2.49. The van der Waals surface area contributed by atoms with Crippen molar-refractivity contribution in [2.45, 2.75) is 26.7 Å². The zero-order valence-electron chi connectivity index (χ0n) is 14.9. The number of carbonyl (C=O) groups is 1. The van der Waals surface area contributed by atoms with Gasteiger partial charge in [-0.25, -0.2) is 0 Å². The molecule has 130 valence electrons. The van der Waals surface area contributed by atoms with E-state index in [1.165, 1.54) is 11.1 Å². The predicted molar refractivity (Wildman–Crippen MR) is 98.5 cm³/mol. The molecule has 0 atom stereocenters. The maximum atomic E-state index is 12.1. The second kappa shape index (κ2) is 6.47. The van der Waals surface area contributed by atoms with Gasteiger partial charge in [0.1, 0.15) is 0 Å². The van der Waals surface area contributed by atoms with Crippen LogP contribution in [0.5, 0.6) is 0 Å². The Bertz CT molecular complexity index is 775. The highest BCUT2D eigenvalue weighted by Gasteiger charge is 2.34. The van der Waals surface area contributed by atoms with Crippen LogP contribution in [0, 0.1) is 19.8 Å². The van der Waals surface area contributed by atoms with E-state index < -0.39 is 0 Å². The van der Waals surface area contributed by atoms with Gasteiger partial charge in [-0.3, -0.25) is 4.79 Å². The van der Waals surface area contributed by atoms with E-state index in [4.69, 9.17) is 0 Å². The van der Waals surface area contributed by atoms with Gasteiger partial charge in [-0.1, -0.05) is 12.1 Å². The molecule has 5 heteroatoms. The van der Waals surface area contributed by atoms with Crippen LogP contribution in [0.25, 0.3) is 11.3 Å². The number of piperazine rings is 1. The van der Waals surface area contributed by atoms with Crippen LogP contribution in [0.1, 0.15) is 24.0 Å². The smallest absolute Gasteiger partial charge is 0.225 e. The van der Waals surface area contributed by atoms with E-state index in [1.807, 2.05) is 17.0 Å². The van der Waals surface area contributed by atoms with Crippen molar-refractivity contribution in [1.82, 2.24) is 15.1 Å².